The van der Waals surface area contributed by atoms with E-state index in [4.69, 9.17) is 9.47 Å². The highest BCUT2D eigenvalue weighted by molar-refractivity contribution is 7.43. The first kappa shape index (κ1) is 35.3. The summed E-state index contributed by atoms with van der Waals surface area (Å²) in [6, 6.07) is 0. The van der Waals surface area contributed by atoms with E-state index in [1.807, 2.05) is 0 Å². The lowest BCUT2D eigenvalue weighted by Crippen LogP contribution is -2.57. The number of nitrogens with zero attached hydrogens (tertiary/aromatic N) is 3. The Hall–Kier alpha value is -1.86. The predicted molar refractivity (Wildman–Crippen MR) is 150 cm³/mol. The van der Waals surface area contributed by atoms with Crippen LogP contribution in [0, 0.1) is 6.92 Å². The molecule has 1 saturated heterocycles. The van der Waals surface area contributed by atoms with Gasteiger partial charge in [-0.15, -0.1) is 0 Å². The van der Waals surface area contributed by atoms with Gasteiger partial charge in [0.05, 0.1) is 53.7 Å². The smallest absolute Gasteiger partial charge is 0.330 e. The number of quaternary nitrogens is 2. The van der Waals surface area contributed by atoms with E-state index in [1.54, 1.807) is 0 Å². The fourth-order valence-electron chi connectivity index (χ4n) is 5.59. The van der Waals surface area contributed by atoms with Crippen LogP contribution in [0.3, 0.4) is 0 Å². The van der Waals surface area contributed by atoms with E-state index in [-0.39, 0.29) is 18.4 Å². The molecule has 3 unspecified atom stereocenters. The number of aromatic nitrogens is 2. The van der Waals surface area contributed by atoms with Crippen molar-refractivity contribution in [3.8, 4) is 0 Å². The topological polar surface area (TPSA) is 163 Å². The molecule has 0 radical (unpaired) electrons. The zero-order valence-corrected chi connectivity index (χ0v) is 26.4. The van der Waals surface area contributed by atoms with Crippen LogP contribution in [0.1, 0.15) is 72.1 Å². The first-order valence-corrected chi connectivity index (χ1v) is 16.3. The Morgan fingerprint density at radius 1 is 1.02 bits per heavy atom. The van der Waals surface area contributed by atoms with Gasteiger partial charge in [-0.1, -0.05) is 0 Å². The summed E-state index contributed by atoms with van der Waals surface area (Å²) in [4.78, 5) is 61.1. The van der Waals surface area contributed by atoms with E-state index in [0.717, 1.165) is 72.3 Å². The van der Waals surface area contributed by atoms with Crippen molar-refractivity contribution < 1.29 is 42.1 Å². The molecule has 0 amide bonds. The lowest BCUT2D eigenvalue weighted by Gasteiger charge is -2.42. The van der Waals surface area contributed by atoms with Crippen molar-refractivity contribution in [1.82, 2.24) is 9.55 Å². The van der Waals surface area contributed by atoms with Crippen LogP contribution in [0.15, 0.2) is 15.8 Å². The Morgan fingerprint density at radius 2 is 1.61 bits per heavy atom. The number of phosphoric ester groups is 1. The number of nitrogens with one attached hydrogen (secondary N) is 1. The molecule has 0 bridgehead atoms. The van der Waals surface area contributed by atoms with Gasteiger partial charge < -0.3 is 37.3 Å². The van der Waals surface area contributed by atoms with Gasteiger partial charge in [-0.2, -0.15) is 0 Å². The largest absolute Gasteiger partial charge is 0.790 e. The second-order valence-electron chi connectivity index (χ2n) is 11.0. The molecule has 1 N–H and O–H groups in total. The molecule has 0 aliphatic carbocycles. The van der Waals surface area contributed by atoms with Crippen molar-refractivity contribution in [3.63, 3.8) is 0 Å². The van der Waals surface area contributed by atoms with E-state index in [9.17, 15) is 28.7 Å². The number of hydrogen-bond acceptors (Lipinski definition) is 9. The number of aryl methyl sites for hydroxylation is 1. The number of hydrogen-bond donors (Lipinski definition) is 1. The van der Waals surface area contributed by atoms with Gasteiger partial charge in [-0.3, -0.25) is 19.1 Å². The molecular weight excluding hydrogens is 555 g/mol. The molecule has 2 heterocycles. The molecule has 14 heteroatoms. The molecule has 1 aromatic rings. The molecule has 1 aliphatic heterocycles. The summed E-state index contributed by atoms with van der Waals surface area (Å²) in [6.07, 6.45) is -0.00302. The minimum atomic E-state index is -5.30. The summed E-state index contributed by atoms with van der Waals surface area (Å²) in [6.45, 7) is 20.6. The molecule has 236 valence electrons. The van der Waals surface area contributed by atoms with Gasteiger partial charge in [0.1, 0.15) is 31.5 Å². The van der Waals surface area contributed by atoms with Crippen molar-refractivity contribution in [2.24, 2.45) is 0 Å². The molecule has 41 heavy (non-hydrogen) atoms. The van der Waals surface area contributed by atoms with Gasteiger partial charge >= 0.3 is 11.7 Å². The second kappa shape index (κ2) is 15.6. The van der Waals surface area contributed by atoms with Gasteiger partial charge in [-0.25, -0.2) is 4.79 Å². The zero-order valence-electron chi connectivity index (χ0n) is 25.5. The highest BCUT2D eigenvalue weighted by Crippen LogP contribution is 2.34. The van der Waals surface area contributed by atoms with E-state index in [1.165, 1.54) is 13.1 Å². The van der Waals surface area contributed by atoms with E-state index >= 15 is 0 Å². The Kier molecular flexibility index (Phi) is 13.4. The second-order valence-corrected chi connectivity index (χ2v) is 12.2. The molecule has 2 rings (SSSR count). The number of rotatable bonds is 18. The van der Waals surface area contributed by atoms with Crippen molar-refractivity contribution in [2.75, 3.05) is 59.0 Å². The third kappa shape index (κ3) is 10.1. The lowest BCUT2D eigenvalue weighted by atomic mass is 10.1. The number of carbonyl (C=O) groups is 1. The Morgan fingerprint density at radius 3 is 2.17 bits per heavy atom. The van der Waals surface area contributed by atoms with Gasteiger partial charge in [0, 0.05) is 24.6 Å². The molecule has 1 aromatic heterocycles. The van der Waals surface area contributed by atoms with Crippen LogP contribution >= 0.6 is 7.82 Å². The van der Waals surface area contributed by atoms with Crippen molar-refractivity contribution >= 4 is 13.8 Å². The standard InChI is InChI=1S/C27H49N4O9P/c1-7-30(8-2,9-3)16-17-31(10-4,11-5)15-13-12-14-25(32)40-22-18-24(39-23(22)20-38-41(35,36)37)29-19-21(6)26(33)28-27(29)34/h19,22-24H,7-18,20H2,1-6H3,(H-2,28,33,34,35,36,37). The molecule has 0 aromatic carbocycles. The minimum absolute atomic E-state index is 0.0190. The molecule has 1 fully saturated rings. The van der Waals surface area contributed by atoms with Gasteiger partial charge in [0.15, 0.2) is 0 Å². The number of carbonyl (C=O) groups excluding carboxylic acids is 1. The third-order valence-corrected chi connectivity index (χ3v) is 9.45. The number of ether oxygens (including phenoxy) is 2. The summed E-state index contributed by atoms with van der Waals surface area (Å²) in [5.41, 5.74) is -1.00. The number of likely N-dealkylation sites (N-methyl/N-ethyl adjacent to an activating group) is 2. The summed E-state index contributed by atoms with van der Waals surface area (Å²) in [5, 5.41) is 0. The lowest BCUT2D eigenvalue weighted by molar-refractivity contribution is -0.977. The number of phosphoric acid groups is 1. The minimum Gasteiger partial charge on any atom is -0.790 e. The molecule has 0 spiro atoms. The van der Waals surface area contributed by atoms with E-state index in [0.29, 0.717) is 6.42 Å². The average molecular weight is 605 g/mol. The SMILES string of the molecule is CC[N+](CC)(CC)CC[N+](CC)(CC)CCCCC(=O)OC1CC(n2cc(C)c(=O)[nH]c2=O)OC1COP(=O)([O-])[O-]. The summed E-state index contributed by atoms with van der Waals surface area (Å²) >= 11 is 0. The molecule has 0 saturated carbocycles. The van der Waals surface area contributed by atoms with Crippen molar-refractivity contribution in [1.29, 1.82) is 0 Å². The van der Waals surface area contributed by atoms with Crippen LogP contribution in [0.5, 0.6) is 0 Å². The Bertz CT molecular complexity index is 1130. The fraction of sp³-hybridized carbons (Fsp3) is 0.815. The maximum absolute atomic E-state index is 12.8. The van der Waals surface area contributed by atoms with Crippen LogP contribution < -0.4 is 21.0 Å². The molecule has 1 aliphatic rings. The van der Waals surface area contributed by atoms with Gasteiger partial charge in [0.2, 0.25) is 0 Å². The molecule has 13 nitrogen and oxygen atoms in total. The van der Waals surface area contributed by atoms with Crippen LogP contribution in [0.2, 0.25) is 0 Å². The molecule has 3 atom stereocenters. The fourth-order valence-corrected chi connectivity index (χ4v) is 5.92. The van der Waals surface area contributed by atoms with Gasteiger partial charge in [-0.05, 0) is 54.4 Å². The Labute approximate surface area is 242 Å². The van der Waals surface area contributed by atoms with E-state index < -0.39 is 50.1 Å². The van der Waals surface area contributed by atoms with Crippen molar-refractivity contribution in [2.45, 2.75) is 85.7 Å². The normalized spacial score (nSPS) is 20.0. The molecular formula is C27H49N4O9P. The number of unbranched alkanes of at least 4 members (excludes halogenated alkanes) is 1. The first-order chi connectivity index (χ1) is 19.3. The van der Waals surface area contributed by atoms with Crippen LogP contribution in [-0.4, -0.2) is 95.7 Å². The number of H-pyrrole nitrogens is 1. The van der Waals surface area contributed by atoms with E-state index in [2.05, 4.69) is 44.1 Å². The van der Waals surface area contributed by atoms with Crippen LogP contribution in [0.25, 0.3) is 0 Å². The number of aromatic amines is 1. The average Bonchev–Trinajstić information content (AvgIpc) is 3.33. The maximum Gasteiger partial charge on any atom is 0.330 e. The quantitative estimate of drug-likeness (QED) is 0.110. The summed E-state index contributed by atoms with van der Waals surface area (Å²) in [7, 11) is -5.30. The van der Waals surface area contributed by atoms with Crippen molar-refractivity contribution in [3.05, 3.63) is 32.6 Å². The highest BCUT2D eigenvalue weighted by atomic mass is 31.2. The highest BCUT2D eigenvalue weighted by Gasteiger charge is 2.40. The monoisotopic (exact) mass is 604 g/mol. The maximum atomic E-state index is 12.8. The van der Waals surface area contributed by atoms with Crippen LogP contribution in [0.4, 0.5) is 0 Å². The zero-order chi connectivity index (χ0) is 30.8. The Balaban J connectivity index is 1.99. The van der Waals surface area contributed by atoms with Gasteiger partial charge in [0.25, 0.3) is 5.56 Å². The number of esters is 1. The van der Waals surface area contributed by atoms with Crippen LogP contribution in [-0.2, 0) is 23.4 Å². The predicted octanol–water partition coefficient (Wildman–Crippen LogP) is 0.793. The third-order valence-electron chi connectivity index (χ3n) is 8.98. The summed E-state index contributed by atoms with van der Waals surface area (Å²) < 4.78 is 30.0. The first-order valence-electron chi connectivity index (χ1n) is 14.8. The summed E-state index contributed by atoms with van der Waals surface area (Å²) in [5.74, 6) is -0.480.